The summed E-state index contributed by atoms with van der Waals surface area (Å²) in [6.07, 6.45) is 0.720. The topological polar surface area (TPSA) is 80.9 Å². The summed E-state index contributed by atoms with van der Waals surface area (Å²) in [6, 6.07) is 9.88. The third kappa shape index (κ3) is 4.44. The van der Waals surface area contributed by atoms with Gasteiger partial charge in [0.1, 0.15) is 0 Å². The molecular formula is C14H18N4OS2. The summed E-state index contributed by atoms with van der Waals surface area (Å²) < 4.78 is 0.724. The summed E-state index contributed by atoms with van der Waals surface area (Å²) in [7, 11) is 0. The number of nitrogens with two attached hydrogens (primary N) is 1. The maximum Gasteiger partial charge on any atom is 0.234 e. The van der Waals surface area contributed by atoms with Crippen molar-refractivity contribution in [2.75, 3.05) is 5.73 Å². The summed E-state index contributed by atoms with van der Waals surface area (Å²) in [5.41, 5.74) is 6.65. The fourth-order valence-corrected chi connectivity index (χ4v) is 3.66. The number of nitrogen functional groups attached to an aromatic ring is 1. The average molecular weight is 322 g/mol. The summed E-state index contributed by atoms with van der Waals surface area (Å²) in [5.74, 6) is 0.00706. The van der Waals surface area contributed by atoms with Crippen LogP contribution in [-0.2, 0) is 4.79 Å². The molecule has 5 nitrogen and oxygen atoms in total. The second-order valence-electron chi connectivity index (χ2n) is 4.56. The van der Waals surface area contributed by atoms with Crippen molar-refractivity contribution in [3.63, 3.8) is 0 Å². The molecular weight excluding hydrogens is 304 g/mol. The first-order valence-electron chi connectivity index (χ1n) is 6.71. The Kier molecular flexibility index (Phi) is 5.58. The van der Waals surface area contributed by atoms with Gasteiger partial charge in [0.2, 0.25) is 11.0 Å². The van der Waals surface area contributed by atoms with Gasteiger partial charge in [0.25, 0.3) is 0 Å². The highest BCUT2D eigenvalue weighted by molar-refractivity contribution is 8.02. The Bertz CT molecular complexity index is 588. The zero-order valence-electron chi connectivity index (χ0n) is 11.9. The zero-order valence-corrected chi connectivity index (χ0v) is 13.6. The van der Waals surface area contributed by atoms with E-state index < -0.39 is 0 Å². The molecule has 112 valence electrons. The number of carbonyl (C=O) groups is 1. The van der Waals surface area contributed by atoms with Crippen LogP contribution in [0.15, 0.2) is 34.7 Å². The van der Waals surface area contributed by atoms with Crippen molar-refractivity contribution in [1.29, 1.82) is 0 Å². The molecule has 0 aliphatic carbocycles. The van der Waals surface area contributed by atoms with Crippen LogP contribution in [0.5, 0.6) is 0 Å². The molecule has 21 heavy (non-hydrogen) atoms. The largest absolute Gasteiger partial charge is 0.374 e. The third-order valence-electron chi connectivity index (χ3n) is 2.99. The van der Waals surface area contributed by atoms with Crippen molar-refractivity contribution in [3.8, 4) is 0 Å². The zero-order chi connectivity index (χ0) is 15.2. The number of rotatable bonds is 6. The molecule has 3 N–H and O–H groups in total. The van der Waals surface area contributed by atoms with E-state index in [0.29, 0.717) is 5.13 Å². The third-order valence-corrected chi connectivity index (χ3v) is 5.19. The predicted octanol–water partition coefficient (Wildman–Crippen LogP) is 2.87. The van der Waals surface area contributed by atoms with E-state index in [1.807, 2.05) is 44.2 Å². The number of thioether (sulfide) groups is 1. The second kappa shape index (κ2) is 7.42. The summed E-state index contributed by atoms with van der Waals surface area (Å²) in [5, 5.41) is 11.0. The number of hydrogen-bond acceptors (Lipinski definition) is 6. The molecule has 7 heteroatoms. The number of hydrogen-bond donors (Lipinski definition) is 2. The first-order valence-corrected chi connectivity index (χ1v) is 8.40. The van der Waals surface area contributed by atoms with Crippen molar-refractivity contribution in [2.45, 2.75) is 35.9 Å². The van der Waals surface area contributed by atoms with Gasteiger partial charge in [-0.1, -0.05) is 60.4 Å². The average Bonchev–Trinajstić information content (AvgIpc) is 2.90. The lowest BCUT2D eigenvalue weighted by atomic mass is 10.1. The van der Waals surface area contributed by atoms with Gasteiger partial charge in [0, 0.05) is 0 Å². The molecule has 2 unspecified atom stereocenters. The van der Waals surface area contributed by atoms with E-state index in [0.717, 1.165) is 16.3 Å². The fraction of sp³-hybridized carbons (Fsp3) is 0.357. The molecule has 1 amide bonds. The Labute approximate surface area is 132 Å². The highest BCUT2D eigenvalue weighted by Crippen LogP contribution is 2.29. The van der Waals surface area contributed by atoms with Gasteiger partial charge in [-0.2, -0.15) is 0 Å². The Morgan fingerprint density at radius 3 is 2.67 bits per heavy atom. The molecule has 0 bridgehead atoms. The summed E-state index contributed by atoms with van der Waals surface area (Å²) >= 11 is 2.71. The van der Waals surface area contributed by atoms with Crippen LogP contribution in [0.4, 0.5) is 5.13 Å². The van der Waals surface area contributed by atoms with Gasteiger partial charge in [-0.3, -0.25) is 4.79 Å². The molecule has 2 aromatic rings. The van der Waals surface area contributed by atoms with Gasteiger partial charge >= 0.3 is 0 Å². The number of carbonyl (C=O) groups excluding carboxylic acids is 1. The number of anilines is 1. The molecule has 0 fully saturated rings. The van der Waals surface area contributed by atoms with Crippen LogP contribution in [0.3, 0.4) is 0 Å². The molecule has 2 atom stereocenters. The van der Waals surface area contributed by atoms with Crippen molar-refractivity contribution in [2.24, 2.45) is 0 Å². The maximum atomic E-state index is 12.4. The summed E-state index contributed by atoms with van der Waals surface area (Å²) in [4.78, 5) is 12.4. The van der Waals surface area contributed by atoms with E-state index in [-0.39, 0.29) is 17.2 Å². The van der Waals surface area contributed by atoms with Crippen molar-refractivity contribution in [3.05, 3.63) is 35.9 Å². The minimum Gasteiger partial charge on any atom is -0.374 e. The van der Waals surface area contributed by atoms with E-state index in [4.69, 9.17) is 5.73 Å². The molecule has 0 saturated heterocycles. The molecule has 0 aliphatic heterocycles. The van der Waals surface area contributed by atoms with Crippen LogP contribution >= 0.6 is 23.1 Å². The highest BCUT2D eigenvalue weighted by Gasteiger charge is 2.21. The van der Waals surface area contributed by atoms with Crippen LogP contribution in [0, 0.1) is 0 Å². The van der Waals surface area contributed by atoms with Gasteiger partial charge in [0.05, 0.1) is 11.3 Å². The lowest BCUT2D eigenvalue weighted by Gasteiger charge is -2.18. The van der Waals surface area contributed by atoms with E-state index in [1.165, 1.54) is 23.1 Å². The van der Waals surface area contributed by atoms with Crippen molar-refractivity contribution < 1.29 is 4.79 Å². The Hall–Kier alpha value is -1.60. The predicted molar refractivity (Wildman–Crippen MR) is 87.3 cm³/mol. The minimum absolute atomic E-state index is 0.00706. The molecule has 0 spiro atoms. The Balaban J connectivity index is 1.97. The second-order valence-corrected chi connectivity index (χ2v) is 7.02. The molecule has 0 aliphatic rings. The van der Waals surface area contributed by atoms with Crippen LogP contribution in [0.1, 0.15) is 31.9 Å². The lowest BCUT2D eigenvalue weighted by Crippen LogP contribution is -2.34. The smallest absolute Gasteiger partial charge is 0.234 e. The highest BCUT2D eigenvalue weighted by atomic mass is 32.2. The van der Waals surface area contributed by atoms with Crippen LogP contribution in [-0.4, -0.2) is 21.4 Å². The number of aromatic nitrogens is 2. The quantitative estimate of drug-likeness (QED) is 0.799. The van der Waals surface area contributed by atoms with Gasteiger partial charge in [-0.05, 0) is 18.9 Å². The molecule has 0 saturated carbocycles. The minimum atomic E-state index is -0.191. The number of nitrogens with one attached hydrogen (secondary N) is 1. The van der Waals surface area contributed by atoms with E-state index in [2.05, 4.69) is 15.5 Å². The van der Waals surface area contributed by atoms with Crippen LogP contribution < -0.4 is 11.1 Å². The fourth-order valence-electron chi connectivity index (χ4n) is 1.84. The monoisotopic (exact) mass is 322 g/mol. The van der Waals surface area contributed by atoms with E-state index in [1.54, 1.807) is 0 Å². The molecule has 2 rings (SSSR count). The SMILES string of the molecule is CCC(Sc1nnc(N)s1)C(=O)NC(C)c1ccccc1. The molecule has 1 aromatic carbocycles. The first-order chi connectivity index (χ1) is 10.1. The Morgan fingerprint density at radius 1 is 1.38 bits per heavy atom. The van der Waals surface area contributed by atoms with Crippen molar-refractivity contribution in [1.82, 2.24) is 15.5 Å². The van der Waals surface area contributed by atoms with Crippen LogP contribution in [0.25, 0.3) is 0 Å². The lowest BCUT2D eigenvalue weighted by molar-refractivity contribution is -0.121. The van der Waals surface area contributed by atoms with E-state index in [9.17, 15) is 4.79 Å². The normalized spacial score (nSPS) is 13.6. The Morgan fingerprint density at radius 2 is 2.10 bits per heavy atom. The van der Waals surface area contributed by atoms with Crippen molar-refractivity contribution >= 4 is 34.1 Å². The maximum absolute atomic E-state index is 12.4. The van der Waals surface area contributed by atoms with Gasteiger partial charge in [-0.15, -0.1) is 10.2 Å². The number of benzene rings is 1. The van der Waals surface area contributed by atoms with Crippen LogP contribution in [0.2, 0.25) is 0 Å². The molecule has 1 heterocycles. The van der Waals surface area contributed by atoms with Gasteiger partial charge < -0.3 is 11.1 Å². The standard InChI is InChI=1S/C14H18N4OS2/c1-3-11(20-14-18-17-13(15)21-14)12(19)16-9(2)10-7-5-4-6-8-10/h4-9,11H,3H2,1-2H3,(H2,15,17)(H,16,19). The summed E-state index contributed by atoms with van der Waals surface area (Å²) in [6.45, 7) is 3.96. The first kappa shape index (κ1) is 15.8. The van der Waals surface area contributed by atoms with Gasteiger partial charge in [0.15, 0.2) is 4.34 Å². The molecule has 0 radical (unpaired) electrons. The number of nitrogens with zero attached hydrogens (tertiary/aromatic N) is 2. The molecule has 1 aromatic heterocycles. The van der Waals surface area contributed by atoms with E-state index >= 15 is 0 Å². The van der Waals surface area contributed by atoms with Gasteiger partial charge in [-0.25, -0.2) is 0 Å². The number of amides is 1.